The number of carboxylic acids is 1. The molecule has 0 aliphatic carbocycles. The number of para-hydroxylation sites is 1. The van der Waals surface area contributed by atoms with Crippen LogP contribution in [-0.4, -0.2) is 31.9 Å². The Morgan fingerprint density at radius 2 is 2.16 bits per heavy atom. The number of carbonyl (C=O) groups is 1. The number of benzene rings is 1. The third kappa shape index (κ3) is 3.19. The largest absolute Gasteiger partial charge is 0.478 e. The van der Waals surface area contributed by atoms with Crippen molar-refractivity contribution in [3.63, 3.8) is 0 Å². The van der Waals surface area contributed by atoms with E-state index in [4.69, 9.17) is 5.11 Å². The van der Waals surface area contributed by atoms with Crippen molar-refractivity contribution in [1.29, 1.82) is 0 Å². The molecule has 0 spiro atoms. The van der Waals surface area contributed by atoms with Gasteiger partial charge in [0.1, 0.15) is 5.52 Å². The quantitative estimate of drug-likeness (QED) is 0.940. The first kappa shape index (κ1) is 13.7. The maximum Gasteiger partial charge on any atom is 0.441 e. The maximum absolute atomic E-state index is 12.0. The van der Waals surface area contributed by atoms with Gasteiger partial charge in [0.15, 0.2) is 0 Å². The fraction of sp³-hybridized carbons (Fsp3) is 0.273. The summed E-state index contributed by atoms with van der Waals surface area (Å²) in [6.07, 6.45) is 1.36. The number of hydrogen-bond acceptors (Lipinski definition) is 3. The molecule has 1 N–H and O–H groups in total. The van der Waals surface area contributed by atoms with Gasteiger partial charge in [-0.3, -0.25) is 0 Å². The molecule has 19 heavy (non-hydrogen) atoms. The summed E-state index contributed by atoms with van der Waals surface area (Å²) in [5.41, 5.74) is -3.42. The zero-order valence-electron chi connectivity index (χ0n) is 9.52. The molecule has 0 radical (unpaired) electrons. The van der Waals surface area contributed by atoms with Crippen molar-refractivity contribution >= 4 is 28.8 Å². The number of halogens is 3. The van der Waals surface area contributed by atoms with Gasteiger partial charge in [-0.25, -0.2) is 9.78 Å². The lowest BCUT2D eigenvalue weighted by atomic mass is 10.2. The number of aromatic carboxylic acids is 1. The van der Waals surface area contributed by atoms with Crippen molar-refractivity contribution in [3.05, 3.63) is 30.1 Å². The van der Waals surface area contributed by atoms with Crippen LogP contribution in [0.4, 0.5) is 13.2 Å². The third-order valence-corrected chi connectivity index (χ3v) is 3.19. The van der Waals surface area contributed by atoms with Gasteiger partial charge in [-0.1, -0.05) is 6.07 Å². The fourth-order valence-corrected chi connectivity index (χ4v) is 2.22. The van der Waals surface area contributed by atoms with E-state index >= 15 is 0 Å². The zero-order chi connectivity index (χ0) is 14.0. The van der Waals surface area contributed by atoms with Crippen molar-refractivity contribution < 1.29 is 23.1 Å². The second-order valence-corrected chi connectivity index (χ2v) is 4.87. The molecular formula is C11H9F3N2O2S. The molecule has 1 aromatic carbocycles. The predicted octanol–water partition coefficient (Wildman–Crippen LogP) is 2.99. The number of carboxylic acid groups (broad SMARTS) is 1. The second-order valence-electron chi connectivity index (χ2n) is 3.71. The summed E-state index contributed by atoms with van der Waals surface area (Å²) in [6, 6.07) is 4.58. The van der Waals surface area contributed by atoms with Gasteiger partial charge in [-0.15, -0.1) is 0 Å². The minimum Gasteiger partial charge on any atom is -0.478 e. The summed E-state index contributed by atoms with van der Waals surface area (Å²) >= 11 is -0.114. The number of aromatic nitrogens is 2. The highest BCUT2D eigenvalue weighted by Crippen LogP contribution is 2.30. The molecule has 0 aliphatic rings. The molecule has 1 aromatic heterocycles. The number of imidazole rings is 1. The van der Waals surface area contributed by atoms with E-state index in [0.29, 0.717) is 5.52 Å². The summed E-state index contributed by atoms with van der Waals surface area (Å²) in [4.78, 5) is 14.9. The van der Waals surface area contributed by atoms with Crippen molar-refractivity contribution in [2.45, 2.75) is 12.1 Å². The van der Waals surface area contributed by atoms with Gasteiger partial charge in [0.05, 0.1) is 17.4 Å². The second kappa shape index (κ2) is 5.12. The van der Waals surface area contributed by atoms with Crippen molar-refractivity contribution in [2.75, 3.05) is 5.75 Å². The molecule has 0 saturated heterocycles. The van der Waals surface area contributed by atoms with Gasteiger partial charge in [0.25, 0.3) is 0 Å². The molecule has 1 heterocycles. The van der Waals surface area contributed by atoms with Crippen molar-refractivity contribution in [1.82, 2.24) is 9.55 Å². The summed E-state index contributed by atoms with van der Waals surface area (Å²) < 4.78 is 37.6. The number of alkyl halides is 3. The highest BCUT2D eigenvalue weighted by Gasteiger charge is 2.27. The SMILES string of the molecule is O=C(O)c1cccc2c1ncn2CCSC(F)(F)F. The maximum atomic E-state index is 12.0. The molecule has 2 rings (SSSR count). The minimum atomic E-state index is -4.26. The van der Waals surface area contributed by atoms with Gasteiger partial charge in [0, 0.05) is 12.3 Å². The Hall–Kier alpha value is -1.70. The van der Waals surface area contributed by atoms with Crippen LogP contribution in [0.1, 0.15) is 10.4 Å². The van der Waals surface area contributed by atoms with Crippen LogP contribution in [-0.2, 0) is 6.54 Å². The van der Waals surface area contributed by atoms with Crippen LogP contribution in [0.15, 0.2) is 24.5 Å². The van der Waals surface area contributed by atoms with Crippen molar-refractivity contribution in [3.8, 4) is 0 Å². The smallest absolute Gasteiger partial charge is 0.441 e. The van der Waals surface area contributed by atoms with Crippen LogP contribution >= 0.6 is 11.8 Å². The molecule has 0 unspecified atom stereocenters. The normalized spacial score (nSPS) is 11.9. The number of aryl methyl sites for hydroxylation is 1. The number of fused-ring (bicyclic) bond motifs is 1. The molecule has 0 bridgehead atoms. The monoisotopic (exact) mass is 290 g/mol. The molecule has 0 fully saturated rings. The average molecular weight is 290 g/mol. The lowest BCUT2D eigenvalue weighted by Gasteiger charge is -2.07. The van der Waals surface area contributed by atoms with Crippen LogP contribution in [0.25, 0.3) is 11.0 Å². The first-order valence-electron chi connectivity index (χ1n) is 5.26. The molecule has 0 atom stereocenters. The van der Waals surface area contributed by atoms with Gasteiger partial charge < -0.3 is 9.67 Å². The lowest BCUT2D eigenvalue weighted by Crippen LogP contribution is -2.06. The molecule has 0 amide bonds. The minimum absolute atomic E-state index is 0.0414. The standard InChI is InChI=1S/C11H9F3N2O2S/c12-11(13,14)19-5-4-16-6-15-9-7(10(17)18)2-1-3-8(9)16/h1-3,6H,4-5H2,(H,17,18). The van der Waals surface area contributed by atoms with Crippen LogP contribution in [0.2, 0.25) is 0 Å². The molecule has 102 valence electrons. The Morgan fingerprint density at radius 3 is 2.79 bits per heavy atom. The Labute approximate surface area is 110 Å². The topological polar surface area (TPSA) is 55.1 Å². The summed E-state index contributed by atoms with van der Waals surface area (Å²) in [5, 5.41) is 8.97. The average Bonchev–Trinajstić information content (AvgIpc) is 2.70. The van der Waals surface area contributed by atoms with E-state index in [2.05, 4.69) is 4.98 Å². The van der Waals surface area contributed by atoms with Gasteiger partial charge in [-0.05, 0) is 23.9 Å². The van der Waals surface area contributed by atoms with Crippen LogP contribution in [0.5, 0.6) is 0 Å². The van der Waals surface area contributed by atoms with Gasteiger partial charge in [0.2, 0.25) is 0 Å². The fourth-order valence-electron chi connectivity index (χ4n) is 1.70. The number of thioether (sulfide) groups is 1. The van der Waals surface area contributed by atoms with Crippen LogP contribution < -0.4 is 0 Å². The summed E-state index contributed by atoms with van der Waals surface area (Å²) in [5.74, 6) is -1.26. The first-order chi connectivity index (χ1) is 8.88. The lowest BCUT2D eigenvalue weighted by molar-refractivity contribution is -0.0328. The van der Waals surface area contributed by atoms with Crippen LogP contribution in [0.3, 0.4) is 0 Å². The highest BCUT2D eigenvalue weighted by molar-refractivity contribution is 8.00. The third-order valence-electron chi connectivity index (χ3n) is 2.48. The Kier molecular flexibility index (Phi) is 3.70. The van der Waals surface area contributed by atoms with Crippen molar-refractivity contribution in [2.24, 2.45) is 0 Å². The Morgan fingerprint density at radius 1 is 1.42 bits per heavy atom. The van der Waals surface area contributed by atoms with Gasteiger partial charge >= 0.3 is 11.5 Å². The van der Waals surface area contributed by atoms with E-state index in [0.717, 1.165) is 0 Å². The summed E-state index contributed by atoms with van der Waals surface area (Å²) in [7, 11) is 0. The zero-order valence-corrected chi connectivity index (χ0v) is 10.3. The molecule has 8 heteroatoms. The van der Waals surface area contributed by atoms with E-state index < -0.39 is 11.5 Å². The van der Waals surface area contributed by atoms with E-state index in [1.165, 1.54) is 17.0 Å². The molecule has 2 aromatic rings. The molecule has 0 saturated carbocycles. The van der Waals surface area contributed by atoms with E-state index in [9.17, 15) is 18.0 Å². The Bertz CT molecular complexity index is 609. The van der Waals surface area contributed by atoms with Gasteiger partial charge in [-0.2, -0.15) is 13.2 Å². The first-order valence-corrected chi connectivity index (χ1v) is 6.25. The highest BCUT2D eigenvalue weighted by atomic mass is 32.2. The number of hydrogen-bond donors (Lipinski definition) is 1. The number of rotatable bonds is 4. The molecular weight excluding hydrogens is 281 g/mol. The summed E-state index contributed by atoms with van der Waals surface area (Å²) in [6.45, 7) is 0.115. The van der Waals surface area contributed by atoms with E-state index in [1.807, 2.05) is 0 Å². The number of nitrogens with zero attached hydrogens (tertiary/aromatic N) is 2. The van der Waals surface area contributed by atoms with E-state index in [1.54, 1.807) is 12.1 Å². The molecule has 4 nitrogen and oxygen atoms in total. The molecule has 0 aliphatic heterocycles. The van der Waals surface area contributed by atoms with Crippen LogP contribution in [0, 0.1) is 0 Å². The van der Waals surface area contributed by atoms with E-state index in [-0.39, 0.29) is 35.1 Å². The Balaban J connectivity index is 2.22. The predicted molar refractivity (Wildman–Crippen MR) is 65.2 cm³/mol.